The van der Waals surface area contributed by atoms with Crippen LogP contribution in [0.5, 0.6) is 0 Å². The van der Waals surface area contributed by atoms with E-state index in [9.17, 15) is 13.2 Å². The Balaban J connectivity index is 1.67. The van der Waals surface area contributed by atoms with Crippen LogP contribution >= 0.6 is 0 Å². The van der Waals surface area contributed by atoms with Crippen LogP contribution in [0.1, 0.15) is 15.9 Å². The maximum absolute atomic E-state index is 13.1. The first-order chi connectivity index (χ1) is 14.3. The summed E-state index contributed by atoms with van der Waals surface area (Å²) >= 11 is 0. The van der Waals surface area contributed by atoms with E-state index >= 15 is 0 Å². The van der Waals surface area contributed by atoms with Crippen LogP contribution in [0.15, 0.2) is 84.1 Å². The summed E-state index contributed by atoms with van der Waals surface area (Å²) in [7, 11) is -3.30. The summed E-state index contributed by atoms with van der Waals surface area (Å²) in [6.45, 7) is 0. The van der Waals surface area contributed by atoms with Gasteiger partial charge in [0.25, 0.3) is 0 Å². The van der Waals surface area contributed by atoms with Gasteiger partial charge in [-0.05, 0) is 42.0 Å². The topological polar surface area (TPSA) is 108 Å². The van der Waals surface area contributed by atoms with E-state index in [-0.39, 0.29) is 22.1 Å². The van der Waals surface area contributed by atoms with Crippen molar-refractivity contribution in [2.24, 2.45) is 0 Å². The Morgan fingerprint density at radius 1 is 0.967 bits per heavy atom. The number of ketones is 1. The van der Waals surface area contributed by atoms with Gasteiger partial charge in [-0.25, -0.2) is 13.1 Å². The number of benzene rings is 2. The molecule has 0 aliphatic rings. The summed E-state index contributed by atoms with van der Waals surface area (Å²) in [5.41, 5.74) is 9.28. The zero-order chi connectivity index (χ0) is 21.3. The first-order valence-electron chi connectivity index (χ1n) is 9.04. The number of aromatic nitrogens is 3. The molecule has 30 heavy (non-hydrogen) atoms. The number of pyridine rings is 1. The Labute approximate surface area is 173 Å². The summed E-state index contributed by atoms with van der Waals surface area (Å²) in [6, 6.07) is 17.1. The zero-order valence-corrected chi connectivity index (χ0v) is 16.9. The largest absolute Gasteiger partial charge is 0.383 e. The third-order valence-electron chi connectivity index (χ3n) is 4.68. The average molecular weight is 418 g/mol. The number of hydrogen-bond acceptors (Lipinski definition) is 6. The number of hydrogen-bond donors (Lipinski definition) is 1. The van der Waals surface area contributed by atoms with Gasteiger partial charge in [0.2, 0.25) is 0 Å². The maximum atomic E-state index is 13.1. The fraction of sp³-hybridized carbons (Fsp3) is 0.0455. The van der Waals surface area contributed by atoms with Crippen LogP contribution in [0.25, 0.3) is 16.8 Å². The van der Waals surface area contributed by atoms with E-state index < -0.39 is 9.84 Å². The number of carbonyl (C=O) groups excluding carboxylic acids is 1. The lowest BCUT2D eigenvalue weighted by Crippen LogP contribution is -2.07. The van der Waals surface area contributed by atoms with Gasteiger partial charge in [0, 0.05) is 29.8 Å². The molecular weight excluding hydrogens is 400 g/mol. The van der Waals surface area contributed by atoms with Crippen molar-refractivity contribution in [2.45, 2.75) is 4.90 Å². The number of anilines is 1. The molecule has 150 valence electrons. The number of nitrogens with two attached hydrogens (primary N) is 1. The van der Waals surface area contributed by atoms with Gasteiger partial charge < -0.3 is 5.73 Å². The average Bonchev–Trinajstić information content (AvgIpc) is 3.14. The van der Waals surface area contributed by atoms with Crippen LogP contribution in [-0.2, 0) is 9.84 Å². The summed E-state index contributed by atoms with van der Waals surface area (Å²) in [4.78, 5) is 17.4. The molecule has 0 saturated heterocycles. The van der Waals surface area contributed by atoms with Gasteiger partial charge in [0.1, 0.15) is 5.82 Å². The predicted octanol–water partition coefficient (Wildman–Crippen LogP) is 3.15. The van der Waals surface area contributed by atoms with Gasteiger partial charge in [0.15, 0.2) is 15.6 Å². The molecule has 0 fully saturated rings. The molecule has 2 N–H and O–H groups in total. The number of rotatable bonds is 5. The molecule has 0 atom stereocenters. The smallest absolute Gasteiger partial charge is 0.198 e. The van der Waals surface area contributed by atoms with Crippen molar-refractivity contribution in [2.75, 3.05) is 12.0 Å². The zero-order valence-electron chi connectivity index (χ0n) is 16.1. The van der Waals surface area contributed by atoms with Crippen molar-refractivity contribution in [3.05, 3.63) is 90.4 Å². The van der Waals surface area contributed by atoms with E-state index in [1.807, 2.05) is 18.2 Å². The molecule has 4 aromatic rings. The number of sulfone groups is 1. The van der Waals surface area contributed by atoms with E-state index in [0.717, 1.165) is 17.4 Å². The van der Waals surface area contributed by atoms with Crippen molar-refractivity contribution in [1.82, 2.24) is 14.8 Å². The lowest BCUT2D eigenvalue weighted by atomic mass is 10.00. The predicted molar refractivity (Wildman–Crippen MR) is 114 cm³/mol. The Morgan fingerprint density at radius 3 is 2.37 bits per heavy atom. The standard InChI is InChI=1S/C22H18N4O3S/c1-30(28,29)19-9-7-18(8-10-19)26-22(23)20(14-25-26)21(27)16-5-2-4-15(12-16)17-6-3-11-24-13-17/h2-14H,23H2,1H3. The highest BCUT2D eigenvalue weighted by Gasteiger charge is 2.18. The molecule has 7 nitrogen and oxygen atoms in total. The van der Waals surface area contributed by atoms with Crippen molar-refractivity contribution in [1.29, 1.82) is 0 Å². The van der Waals surface area contributed by atoms with Crippen molar-refractivity contribution in [3.8, 4) is 16.8 Å². The summed E-state index contributed by atoms with van der Waals surface area (Å²) < 4.78 is 24.7. The molecule has 0 spiro atoms. The summed E-state index contributed by atoms with van der Waals surface area (Å²) in [6.07, 6.45) is 5.98. The van der Waals surface area contributed by atoms with Gasteiger partial charge >= 0.3 is 0 Å². The van der Waals surface area contributed by atoms with Crippen LogP contribution in [0.2, 0.25) is 0 Å². The molecule has 0 amide bonds. The minimum absolute atomic E-state index is 0.180. The minimum Gasteiger partial charge on any atom is -0.383 e. The fourth-order valence-electron chi connectivity index (χ4n) is 3.10. The van der Waals surface area contributed by atoms with E-state index in [1.54, 1.807) is 42.7 Å². The molecule has 0 aliphatic heterocycles. The van der Waals surface area contributed by atoms with Gasteiger partial charge in [-0.2, -0.15) is 5.10 Å². The van der Waals surface area contributed by atoms with Crippen LogP contribution < -0.4 is 5.73 Å². The van der Waals surface area contributed by atoms with Crippen LogP contribution in [0, 0.1) is 0 Å². The SMILES string of the molecule is CS(=O)(=O)c1ccc(-n2ncc(C(=O)c3cccc(-c4cccnc4)c3)c2N)cc1. The molecule has 2 aromatic carbocycles. The molecule has 0 unspecified atom stereocenters. The Morgan fingerprint density at radius 2 is 1.70 bits per heavy atom. The van der Waals surface area contributed by atoms with Gasteiger partial charge in [-0.1, -0.05) is 24.3 Å². The van der Waals surface area contributed by atoms with Crippen LogP contribution in [0.3, 0.4) is 0 Å². The van der Waals surface area contributed by atoms with Crippen LogP contribution in [-0.4, -0.2) is 35.2 Å². The third-order valence-corrected chi connectivity index (χ3v) is 5.81. The third kappa shape index (κ3) is 3.72. The highest BCUT2D eigenvalue weighted by molar-refractivity contribution is 7.90. The first kappa shape index (κ1) is 19.5. The van der Waals surface area contributed by atoms with Gasteiger partial charge in [0.05, 0.1) is 22.3 Å². The lowest BCUT2D eigenvalue weighted by molar-refractivity contribution is 0.103. The fourth-order valence-corrected chi connectivity index (χ4v) is 3.73. The van der Waals surface area contributed by atoms with E-state index in [0.29, 0.717) is 11.3 Å². The summed E-state index contributed by atoms with van der Waals surface area (Å²) in [5.74, 6) is -0.0730. The molecule has 0 radical (unpaired) electrons. The second-order valence-corrected chi connectivity index (χ2v) is 8.79. The quantitative estimate of drug-likeness (QED) is 0.499. The molecule has 2 heterocycles. The lowest BCUT2D eigenvalue weighted by Gasteiger charge is -2.07. The first-order valence-corrected chi connectivity index (χ1v) is 10.9. The molecule has 4 rings (SSSR count). The Kier molecular flexibility index (Phi) is 4.93. The number of nitrogen functional groups attached to an aromatic ring is 1. The van der Waals surface area contributed by atoms with Crippen molar-refractivity contribution >= 4 is 21.4 Å². The normalized spacial score (nSPS) is 11.4. The van der Waals surface area contributed by atoms with Crippen LogP contribution in [0.4, 0.5) is 5.82 Å². The van der Waals surface area contributed by atoms with E-state index in [2.05, 4.69) is 10.1 Å². The van der Waals surface area contributed by atoms with Gasteiger partial charge in [-0.3, -0.25) is 9.78 Å². The van der Waals surface area contributed by atoms with Gasteiger partial charge in [-0.15, -0.1) is 0 Å². The molecular formula is C22H18N4O3S. The highest BCUT2D eigenvalue weighted by Crippen LogP contribution is 2.24. The van der Waals surface area contributed by atoms with Crippen molar-refractivity contribution < 1.29 is 13.2 Å². The molecule has 8 heteroatoms. The Bertz CT molecular complexity index is 1330. The Hall–Kier alpha value is -3.78. The molecule has 0 saturated carbocycles. The molecule has 0 aliphatic carbocycles. The maximum Gasteiger partial charge on any atom is 0.198 e. The van der Waals surface area contributed by atoms with Crippen molar-refractivity contribution in [3.63, 3.8) is 0 Å². The molecule has 2 aromatic heterocycles. The number of carbonyl (C=O) groups is 1. The molecule has 0 bridgehead atoms. The van der Waals surface area contributed by atoms with E-state index in [1.165, 1.54) is 23.0 Å². The van der Waals surface area contributed by atoms with E-state index in [4.69, 9.17) is 5.73 Å². The monoisotopic (exact) mass is 418 g/mol. The second kappa shape index (κ2) is 7.57. The summed E-state index contributed by atoms with van der Waals surface area (Å²) in [5, 5.41) is 4.22. The number of nitrogens with zero attached hydrogens (tertiary/aromatic N) is 3. The highest BCUT2D eigenvalue weighted by atomic mass is 32.2. The second-order valence-electron chi connectivity index (χ2n) is 6.77. The minimum atomic E-state index is -3.30.